The first-order chi connectivity index (χ1) is 10.1. The summed E-state index contributed by atoms with van der Waals surface area (Å²) in [5, 5.41) is 0. The van der Waals surface area contributed by atoms with Crippen molar-refractivity contribution in [2.45, 2.75) is 26.7 Å². The molecule has 0 aromatic heterocycles. The summed E-state index contributed by atoms with van der Waals surface area (Å²) in [6.07, 6.45) is 0.809. The molecule has 108 valence electrons. The van der Waals surface area contributed by atoms with Gasteiger partial charge in [0.05, 0.1) is 0 Å². The van der Waals surface area contributed by atoms with E-state index in [1.54, 1.807) is 38.1 Å². The molecule has 2 nitrogen and oxygen atoms in total. The molecule has 2 aromatic carbocycles. The SMILES string of the molecule is CCC(=O)c1ccc(-c2cc(F)ccc2C(=O)CC)cc1. The minimum Gasteiger partial charge on any atom is -0.294 e. The lowest BCUT2D eigenvalue weighted by atomic mass is 9.94. The number of Topliss-reactive ketones (excluding diaryl/α,β-unsaturated/α-hetero) is 2. The number of ketones is 2. The van der Waals surface area contributed by atoms with Crippen molar-refractivity contribution in [2.24, 2.45) is 0 Å². The Bertz CT molecular complexity index is 672. The van der Waals surface area contributed by atoms with Gasteiger partial charge in [0, 0.05) is 24.0 Å². The molecule has 2 rings (SSSR count). The largest absolute Gasteiger partial charge is 0.294 e. The third-order valence-corrected chi connectivity index (χ3v) is 3.44. The summed E-state index contributed by atoms with van der Waals surface area (Å²) in [7, 11) is 0. The van der Waals surface area contributed by atoms with Gasteiger partial charge in [-0.05, 0) is 29.3 Å². The van der Waals surface area contributed by atoms with Crippen LogP contribution in [0.3, 0.4) is 0 Å². The molecule has 0 aliphatic carbocycles. The van der Waals surface area contributed by atoms with E-state index in [-0.39, 0.29) is 17.4 Å². The number of carbonyl (C=O) groups is 2. The smallest absolute Gasteiger partial charge is 0.163 e. The van der Waals surface area contributed by atoms with Crippen LogP contribution in [0.1, 0.15) is 47.4 Å². The fourth-order valence-corrected chi connectivity index (χ4v) is 2.23. The second-order valence-corrected chi connectivity index (χ2v) is 4.82. The molecule has 0 atom stereocenters. The summed E-state index contributed by atoms with van der Waals surface area (Å²) < 4.78 is 13.5. The molecule has 0 N–H and O–H groups in total. The molecule has 0 aliphatic heterocycles. The molecule has 0 amide bonds. The first-order valence-electron chi connectivity index (χ1n) is 7.03. The average molecular weight is 284 g/mol. The van der Waals surface area contributed by atoms with E-state index in [2.05, 4.69) is 0 Å². The molecule has 3 heteroatoms. The van der Waals surface area contributed by atoms with Crippen molar-refractivity contribution in [1.82, 2.24) is 0 Å². The highest BCUT2D eigenvalue weighted by Crippen LogP contribution is 2.26. The van der Waals surface area contributed by atoms with Crippen LogP contribution < -0.4 is 0 Å². The standard InChI is InChI=1S/C18H17FO2/c1-3-17(20)13-7-5-12(6-8-13)16-11-14(19)9-10-15(16)18(21)4-2/h5-11H,3-4H2,1-2H3. The molecule has 0 spiro atoms. The van der Waals surface area contributed by atoms with E-state index in [0.717, 1.165) is 5.56 Å². The molecule has 0 heterocycles. The molecule has 2 aromatic rings. The maximum atomic E-state index is 13.5. The van der Waals surface area contributed by atoms with Gasteiger partial charge < -0.3 is 0 Å². The quantitative estimate of drug-likeness (QED) is 0.747. The number of hydrogen-bond donors (Lipinski definition) is 0. The Kier molecular flexibility index (Phi) is 4.63. The van der Waals surface area contributed by atoms with Gasteiger partial charge >= 0.3 is 0 Å². The fraction of sp³-hybridized carbons (Fsp3) is 0.222. The Morgan fingerprint density at radius 1 is 0.905 bits per heavy atom. The van der Waals surface area contributed by atoms with Crippen molar-refractivity contribution in [3.05, 3.63) is 59.4 Å². The van der Waals surface area contributed by atoms with Crippen LogP contribution in [0.4, 0.5) is 4.39 Å². The van der Waals surface area contributed by atoms with Gasteiger partial charge in [0.2, 0.25) is 0 Å². The normalized spacial score (nSPS) is 10.4. The number of hydrogen-bond acceptors (Lipinski definition) is 2. The Balaban J connectivity index is 2.48. The average Bonchev–Trinajstić information content (AvgIpc) is 2.53. The maximum Gasteiger partial charge on any atom is 0.163 e. The molecular formula is C18H17FO2. The van der Waals surface area contributed by atoms with Crippen molar-refractivity contribution in [1.29, 1.82) is 0 Å². The summed E-state index contributed by atoms with van der Waals surface area (Å²) in [5.74, 6) is -0.351. The summed E-state index contributed by atoms with van der Waals surface area (Å²) >= 11 is 0. The lowest BCUT2D eigenvalue weighted by Crippen LogP contribution is -2.01. The second kappa shape index (κ2) is 6.44. The van der Waals surface area contributed by atoms with Gasteiger partial charge in [-0.2, -0.15) is 0 Å². The Morgan fingerprint density at radius 2 is 1.52 bits per heavy atom. The van der Waals surface area contributed by atoms with Crippen LogP contribution in [0, 0.1) is 5.82 Å². The van der Waals surface area contributed by atoms with Crippen molar-refractivity contribution in [3.63, 3.8) is 0 Å². The summed E-state index contributed by atoms with van der Waals surface area (Å²) in [5.41, 5.74) is 2.44. The van der Waals surface area contributed by atoms with Crippen LogP contribution in [-0.4, -0.2) is 11.6 Å². The van der Waals surface area contributed by atoms with Crippen molar-refractivity contribution >= 4 is 11.6 Å². The predicted molar refractivity (Wildman–Crippen MR) is 81.1 cm³/mol. The van der Waals surface area contributed by atoms with E-state index in [4.69, 9.17) is 0 Å². The van der Waals surface area contributed by atoms with E-state index in [1.807, 2.05) is 0 Å². The molecule has 0 radical (unpaired) electrons. The third-order valence-electron chi connectivity index (χ3n) is 3.44. The lowest BCUT2D eigenvalue weighted by Gasteiger charge is -2.09. The van der Waals surface area contributed by atoms with Crippen LogP contribution in [0.2, 0.25) is 0 Å². The van der Waals surface area contributed by atoms with Gasteiger partial charge in [-0.3, -0.25) is 9.59 Å². The number of benzene rings is 2. The minimum absolute atomic E-state index is 0.0290. The van der Waals surface area contributed by atoms with Crippen molar-refractivity contribution in [3.8, 4) is 11.1 Å². The van der Waals surface area contributed by atoms with Crippen LogP contribution in [0.5, 0.6) is 0 Å². The molecule has 0 unspecified atom stereocenters. The van der Waals surface area contributed by atoms with Crippen LogP contribution in [-0.2, 0) is 0 Å². The van der Waals surface area contributed by atoms with E-state index >= 15 is 0 Å². The van der Waals surface area contributed by atoms with Gasteiger partial charge in [0.15, 0.2) is 11.6 Å². The molecule has 0 aliphatic rings. The van der Waals surface area contributed by atoms with Gasteiger partial charge in [0.25, 0.3) is 0 Å². The van der Waals surface area contributed by atoms with Crippen molar-refractivity contribution < 1.29 is 14.0 Å². The number of rotatable bonds is 5. The Morgan fingerprint density at radius 3 is 2.10 bits per heavy atom. The molecule has 0 bridgehead atoms. The summed E-state index contributed by atoms with van der Waals surface area (Å²) in [6, 6.07) is 11.1. The molecular weight excluding hydrogens is 267 g/mol. The summed E-state index contributed by atoms with van der Waals surface area (Å²) in [4.78, 5) is 23.6. The van der Waals surface area contributed by atoms with Crippen LogP contribution in [0.25, 0.3) is 11.1 Å². The topological polar surface area (TPSA) is 34.1 Å². The first kappa shape index (κ1) is 15.1. The Labute approximate surface area is 123 Å². The van der Waals surface area contributed by atoms with E-state index in [9.17, 15) is 14.0 Å². The first-order valence-corrected chi connectivity index (χ1v) is 7.03. The second-order valence-electron chi connectivity index (χ2n) is 4.82. The zero-order valence-corrected chi connectivity index (χ0v) is 12.2. The summed E-state index contributed by atoms with van der Waals surface area (Å²) in [6.45, 7) is 3.58. The zero-order valence-electron chi connectivity index (χ0n) is 12.2. The minimum atomic E-state index is -0.383. The molecule has 0 fully saturated rings. The highest BCUT2D eigenvalue weighted by atomic mass is 19.1. The van der Waals surface area contributed by atoms with Gasteiger partial charge in [0.1, 0.15) is 5.82 Å². The van der Waals surface area contributed by atoms with Crippen LogP contribution in [0.15, 0.2) is 42.5 Å². The Hall–Kier alpha value is -2.29. The monoisotopic (exact) mass is 284 g/mol. The predicted octanol–water partition coefficient (Wildman–Crippen LogP) is 4.68. The van der Waals surface area contributed by atoms with Gasteiger partial charge in [-0.25, -0.2) is 4.39 Å². The van der Waals surface area contributed by atoms with Crippen molar-refractivity contribution in [2.75, 3.05) is 0 Å². The third kappa shape index (κ3) is 3.24. The maximum absolute atomic E-state index is 13.5. The molecule has 0 saturated carbocycles. The number of halogens is 1. The van der Waals surface area contributed by atoms with Crippen LogP contribution >= 0.6 is 0 Å². The lowest BCUT2D eigenvalue weighted by molar-refractivity contribution is 0.0980. The van der Waals surface area contributed by atoms with Gasteiger partial charge in [-0.1, -0.05) is 38.1 Å². The van der Waals surface area contributed by atoms with E-state index < -0.39 is 0 Å². The fourth-order valence-electron chi connectivity index (χ4n) is 2.23. The molecule has 0 saturated heterocycles. The van der Waals surface area contributed by atoms with Gasteiger partial charge in [-0.15, -0.1) is 0 Å². The highest BCUT2D eigenvalue weighted by molar-refractivity contribution is 6.02. The highest BCUT2D eigenvalue weighted by Gasteiger charge is 2.13. The van der Waals surface area contributed by atoms with E-state index in [0.29, 0.717) is 29.5 Å². The molecule has 21 heavy (non-hydrogen) atoms. The van der Waals surface area contributed by atoms with E-state index in [1.165, 1.54) is 18.2 Å². The number of carbonyl (C=O) groups excluding carboxylic acids is 2. The zero-order chi connectivity index (χ0) is 15.4.